The molecule has 1 N–H and O–H groups in total. The van der Waals surface area contributed by atoms with Crippen LogP contribution in [0.15, 0.2) is 46.4 Å². The zero-order valence-corrected chi connectivity index (χ0v) is 16.0. The third kappa shape index (κ3) is 5.24. The third-order valence-corrected chi connectivity index (χ3v) is 4.24. The fourth-order valence-corrected chi connectivity index (χ4v) is 2.77. The van der Waals surface area contributed by atoms with E-state index in [9.17, 15) is 14.9 Å². The van der Waals surface area contributed by atoms with Gasteiger partial charge in [0.1, 0.15) is 17.4 Å². The van der Waals surface area contributed by atoms with Crippen molar-refractivity contribution in [1.29, 1.82) is 5.26 Å². The fourth-order valence-electron chi connectivity index (χ4n) is 2.77. The topological polar surface area (TPSA) is 105 Å². The molecular weight excluding hydrogens is 374 g/mol. The van der Waals surface area contributed by atoms with Gasteiger partial charge in [0, 0.05) is 30.9 Å². The Labute approximate surface area is 168 Å². The van der Waals surface area contributed by atoms with Crippen LogP contribution in [0.2, 0.25) is 0 Å². The minimum Gasteiger partial charge on any atom is -0.462 e. The summed E-state index contributed by atoms with van der Waals surface area (Å²) in [5.41, 5.74) is 0.743. The second-order valence-corrected chi connectivity index (χ2v) is 6.20. The van der Waals surface area contributed by atoms with Crippen molar-refractivity contribution in [1.82, 2.24) is 0 Å². The molecule has 0 atom stereocenters. The van der Waals surface area contributed by atoms with Gasteiger partial charge in [-0.1, -0.05) is 0 Å². The first-order valence-electron chi connectivity index (χ1n) is 9.23. The van der Waals surface area contributed by atoms with E-state index in [0.717, 1.165) is 13.1 Å². The molecule has 0 saturated carbocycles. The number of nitriles is 1. The van der Waals surface area contributed by atoms with Crippen LogP contribution in [0.1, 0.15) is 23.0 Å². The van der Waals surface area contributed by atoms with Crippen LogP contribution in [-0.2, 0) is 14.3 Å². The van der Waals surface area contributed by atoms with Gasteiger partial charge in [0.25, 0.3) is 5.91 Å². The molecule has 0 spiro atoms. The van der Waals surface area contributed by atoms with E-state index in [1.807, 2.05) is 11.0 Å². The smallest absolute Gasteiger partial charge is 0.338 e. The Hall–Kier alpha value is -3.57. The predicted molar refractivity (Wildman–Crippen MR) is 106 cm³/mol. The Balaban J connectivity index is 1.66. The maximum absolute atomic E-state index is 12.4. The summed E-state index contributed by atoms with van der Waals surface area (Å²) in [5, 5.41) is 12.0. The largest absolute Gasteiger partial charge is 0.462 e. The summed E-state index contributed by atoms with van der Waals surface area (Å²) >= 11 is 0. The van der Waals surface area contributed by atoms with Crippen LogP contribution >= 0.6 is 0 Å². The minimum absolute atomic E-state index is 0.0950. The van der Waals surface area contributed by atoms with Crippen LogP contribution in [0.4, 0.5) is 11.6 Å². The molecule has 0 radical (unpaired) electrons. The molecule has 1 aliphatic rings. The first kappa shape index (κ1) is 20.2. The number of rotatable bonds is 6. The molecule has 3 rings (SSSR count). The second-order valence-electron chi connectivity index (χ2n) is 6.20. The maximum atomic E-state index is 12.4. The summed E-state index contributed by atoms with van der Waals surface area (Å²) < 4.78 is 16.0. The van der Waals surface area contributed by atoms with E-state index in [2.05, 4.69) is 5.32 Å². The number of amides is 1. The number of esters is 1. The number of furan rings is 1. The van der Waals surface area contributed by atoms with E-state index >= 15 is 0 Å². The van der Waals surface area contributed by atoms with Gasteiger partial charge < -0.3 is 24.1 Å². The molecule has 29 heavy (non-hydrogen) atoms. The van der Waals surface area contributed by atoms with Gasteiger partial charge in [-0.3, -0.25) is 4.79 Å². The van der Waals surface area contributed by atoms with Crippen molar-refractivity contribution in [3.63, 3.8) is 0 Å². The van der Waals surface area contributed by atoms with E-state index < -0.39 is 11.9 Å². The van der Waals surface area contributed by atoms with Crippen LogP contribution in [0.25, 0.3) is 6.08 Å². The second kappa shape index (κ2) is 9.57. The molecule has 1 fully saturated rings. The summed E-state index contributed by atoms with van der Waals surface area (Å²) in [6, 6.07) is 11.6. The lowest BCUT2D eigenvalue weighted by Crippen LogP contribution is -2.35. The normalized spacial score (nSPS) is 14.2. The monoisotopic (exact) mass is 395 g/mol. The van der Waals surface area contributed by atoms with Crippen LogP contribution in [-0.4, -0.2) is 44.8 Å². The molecule has 1 amide bonds. The zero-order valence-electron chi connectivity index (χ0n) is 16.0. The highest BCUT2D eigenvalue weighted by molar-refractivity contribution is 6.09. The number of carbonyl (C=O) groups excluding carboxylic acids is 2. The minimum atomic E-state index is -0.569. The Morgan fingerprint density at radius 3 is 2.59 bits per heavy atom. The number of nitrogens with zero attached hydrogens (tertiary/aromatic N) is 2. The molecular formula is C21H21N3O5. The van der Waals surface area contributed by atoms with Crippen LogP contribution < -0.4 is 10.2 Å². The summed E-state index contributed by atoms with van der Waals surface area (Å²) in [7, 11) is 0. The zero-order chi connectivity index (χ0) is 20.6. The number of nitrogens with one attached hydrogen (secondary N) is 1. The fraction of sp³-hybridized carbons (Fsp3) is 0.286. The van der Waals surface area contributed by atoms with Crippen molar-refractivity contribution in [3.05, 3.63) is 53.3 Å². The lowest BCUT2D eigenvalue weighted by atomic mass is 10.2. The van der Waals surface area contributed by atoms with E-state index in [0.29, 0.717) is 36.1 Å². The van der Waals surface area contributed by atoms with Crippen molar-refractivity contribution in [2.45, 2.75) is 6.92 Å². The molecule has 8 nitrogen and oxygen atoms in total. The molecule has 2 heterocycles. The predicted octanol–water partition coefficient (Wildman–Crippen LogP) is 2.84. The summed E-state index contributed by atoms with van der Waals surface area (Å²) in [6.07, 6.45) is 1.40. The van der Waals surface area contributed by atoms with Gasteiger partial charge in [-0.15, -0.1) is 0 Å². The van der Waals surface area contributed by atoms with Gasteiger partial charge in [0.05, 0.1) is 25.4 Å². The molecule has 150 valence electrons. The average molecular weight is 395 g/mol. The summed E-state index contributed by atoms with van der Waals surface area (Å²) in [6.45, 7) is 4.73. The van der Waals surface area contributed by atoms with Crippen LogP contribution in [0, 0.1) is 11.3 Å². The number of morpholine rings is 1. The highest BCUT2D eigenvalue weighted by atomic mass is 16.5. The number of anilines is 2. The van der Waals surface area contributed by atoms with Crippen molar-refractivity contribution >= 4 is 29.5 Å². The summed E-state index contributed by atoms with van der Waals surface area (Å²) in [5.74, 6) is 0.0836. The first-order chi connectivity index (χ1) is 14.1. The van der Waals surface area contributed by atoms with Crippen molar-refractivity contribution in [2.24, 2.45) is 0 Å². The van der Waals surface area contributed by atoms with Crippen molar-refractivity contribution in [3.8, 4) is 6.07 Å². The SMILES string of the molecule is CCOC(=O)c1ccc(NC(=O)/C(C#N)=C/c2ccc(N3CCOCC3)o2)cc1. The standard InChI is InChI=1S/C21H21N3O5/c1-2-28-21(26)15-3-5-17(6-4-15)23-20(25)16(14-22)13-18-7-8-19(29-18)24-9-11-27-12-10-24/h3-8,13H,2,9-12H2,1H3,(H,23,25)/b16-13+. The maximum Gasteiger partial charge on any atom is 0.338 e. The number of carbonyl (C=O) groups is 2. The molecule has 0 unspecified atom stereocenters. The van der Waals surface area contributed by atoms with Crippen molar-refractivity contribution < 1.29 is 23.5 Å². The molecule has 2 aromatic rings. The molecule has 1 aromatic heterocycles. The lowest BCUT2D eigenvalue weighted by molar-refractivity contribution is -0.112. The number of benzene rings is 1. The van der Waals surface area contributed by atoms with Crippen LogP contribution in [0.5, 0.6) is 0 Å². The Bertz CT molecular complexity index is 934. The summed E-state index contributed by atoms with van der Waals surface area (Å²) in [4.78, 5) is 26.1. The highest BCUT2D eigenvalue weighted by Gasteiger charge is 2.16. The molecule has 0 bridgehead atoms. The Kier molecular flexibility index (Phi) is 6.66. The molecule has 1 saturated heterocycles. The molecule has 0 aliphatic carbocycles. The number of hydrogen-bond donors (Lipinski definition) is 1. The number of ether oxygens (including phenoxy) is 2. The molecule has 1 aromatic carbocycles. The van der Waals surface area contributed by atoms with Gasteiger partial charge in [0.15, 0.2) is 5.88 Å². The average Bonchev–Trinajstić information content (AvgIpc) is 3.22. The Morgan fingerprint density at radius 1 is 1.21 bits per heavy atom. The van der Waals surface area contributed by atoms with E-state index in [1.165, 1.54) is 6.08 Å². The lowest BCUT2D eigenvalue weighted by Gasteiger charge is -2.26. The van der Waals surface area contributed by atoms with Gasteiger partial charge in [-0.25, -0.2) is 4.79 Å². The van der Waals surface area contributed by atoms with Crippen molar-refractivity contribution in [2.75, 3.05) is 43.1 Å². The van der Waals surface area contributed by atoms with Crippen LogP contribution in [0.3, 0.4) is 0 Å². The molecule has 1 aliphatic heterocycles. The van der Waals surface area contributed by atoms with E-state index in [4.69, 9.17) is 13.9 Å². The van der Waals surface area contributed by atoms with Gasteiger partial charge in [-0.2, -0.15) is 5.26 Å². The highest BCUT2D eigenvalue weighted by Crippen LogP contribution is 2.22. The van der Waals surface area contributed by atoms with Gasteiger partial charge in [0.2, 0.25) is 0 Å². The quantitative estimate of drug-likeness (QED) is 0.455. The van der Waals surface area contributed by atoms with Gasteiger partial charge >= 0.3 is 5.97 Å². The first-order valence-corrected chi connectivity index (χ1v) is 9.23. The number of hydrogen-bond acceptors (Lipinski definition) is 7. The third-order valence-electron chi connectivity index (χ3n) is 4.24. The van der Waals surface area contributed by atoms with Gasteiger partial charge in [-0.05, 0) is 37.3 Å². The van der Waals surface area contributed by atoms with E-state index in [-0.39, 0.29) is 12.2 Å². The molecule has 8 heteroatoms. The Morgan fingerprint density at radius 2 is 1.93 bits per heavy atom. The van der Waals surface area contributed by atoms with E-state index in [1.54, 1.807) is 43.3 Å².